The molecule has 0 amide bonds. The molecule has 0 atom stereocenters. The van der Waals surface area contributed by atoms with Gasteiger partial charge in [0.15, 0.2) is 0 Å². The van der Waals surface area contributed by atoms with E-state index >= 15 is 0 Å². The van der Waals surface area contributed by atoms with Crippen molar-refractivity contribution in [2.45, 2.75) is 19.8 Å². The van der Waals surface area contributed by atoms with Gasteiger partial charge in [-0.1, -0.05) is 50.2 Å². The maximum Gasteiger partial charge on any atom is 0.250 e. The minimum atomic E-state index is -0.371. The molecule has 3 aromatic carbocycles. The first kappa shape index (κ1) is 19.2. The van der Waals surface area contributed by atoms with Crippen molar-refractivity contribution in [1.29, 1.82) is 0 Å². The van der Waals surface area contributed by atoms with Crippen molar-refractivity contribution < 1.29 is 4.74 Å². The van der Waals surface area contributed by atoms with Crippen LogP contribution in [0.1, 0.15) is 25.3 Å². The molecule has 5 nitrogen and oxygen atoms in total. The molecule has 1 aliphatic rings. The Bertz CT molecular complexity index is 1070. The standard InChI is InChI=1S/C24H26N2O3/c1-16(2)17-8-10-18(11-9-17)21-22(24(28)23(21)27)26-14-12-25(13-15-26)19-6-4-5-7-20(19)29-3/h4-11,16H,12-15H2,1-3H3. The predicted octanol–water partition coefficient (Wildman–Crippen LogP) is 3.41. The number of methoxy groups -OCH3 is 1. The average molecular weight is 390 g/mol. The molecule has 0 aromatic heterocycles. The first-order valence-corrected chi connectivity index (χ1v) is 10.1. The van der Waals surface area contributed by atoms with Gasteiger partial charge in [-0.25, -0.2) is 0 Å². The summed E-state index contributed by atoms with van der Waals surface area (Å²) in [6, 6.07) is 16.0. The zero-order valence-electron chi connectivity index (χ0n) is 17.1. The number of ether oxygens (including phenoxy) is 1. The highest BCUT2D eigenvalue weighted by Gasteiger charge is 2.29. The second-order valence-corrected chi connectivity index (χ2v) is 7.80. The molecule has 1 aliphatic heterocycles. The molecule has 4 rings (SSSR count). The normalized spacial score (nSPS) is 14.6. The highest BCUT2D eigenvalue weighted by atomic mass is 16.5. The summed E-state index contributed by atoms with van der Waals surface area (Å²) in [5.74, 6) is 1.28. The molecule has 1 fully saturated rings. The molecule has 0 saturated carbocycles. The molecule has 1 saturated heterocycles. The fraction of sp³-hybridized carbons (Fsp3) is 0.333. The van der Waals surface area contributed by atoms with Gasteiger partial charge in [0, 0.05) is 26.2 Å². The Balaban J connectivity index is 1.55. The van der Waals surface area contributed by atoms with Gasteiger partial charge in [-0.05, 0) is 29.2 Å². The molecule has 29 heavy (non-hydrogen) atoms. The number of nitrogens with zero attached hydrogens (tertiary/aromatic N) is 2. The summed E-state index contributed by atoms with van der Waals surface area (Å²) in [4.78, 5) is 29.0. The van der Waals surface area contributed by atoms with Gasteiger partial charge in [-0.15, -0.1) is 0 Å². The van der Waals surface area contributed by atoms with Gasteiger partial charge in [0.1, 0.15) is 11.4 Å². The van der Waals surface area contributed by atoms with Crippen LogP contribution < -0.4 is 25.4 Å². The predicted molar refractivity (Wildman–Crippen MR) is 118 cm³/mol. The minimum absolute atomic E-state index is 0.362. The molecule has 0 aliphatic carbocycles. The van der Waals surface area contributed by atoms with E-state index in [1.165, 1.54) is 5.56 Å². The van der Waals surface area contributed by atoms with Crippen molar-refractivity contribution in [3.8, 4) is 16.9 Å². The van der Waals surface area contributed by atoms with Crippen molar-refractivity contribution in [3.63, 3.8) is 0 Å². The van der Waals surface area contributed by atoms with Crippen LogP contribution in [0.15, 0.2) is 58.1 Å². The first-order valence-electron chi connectivity index (χ1n) is 10.1. The molecule has 0 unspecified atom stereocenters. The highest BCUT2D eigenvalue weighted by molar-refractivity contribution is 5.83. The van der Waals surface area contributed by atoms with Crippen molar-refractivity contribution in [2.24, 2.45) is 0 Å². The Morgan fingerprint density at radius 2 is 1.45 bits per heavy atom. The van der Waals surface area contributed by atoms with E-state index < -0.39 is 0 Å². The smallest absolute Gasteiger partial charge is 0.250 e. The largest absolute Gasteiger partial charge is 0.495 e. The van der Waals surface area contributed by atoms with Crippen molar-refractivity contribution >= 4 is 11.4 Å². The Kier molecular flexibility index (Phi) is 5.14. The molecule has 0 N–H and O–H groups in total. The minimum Gasteiger partial charge on any atom is -0.495 e. The van der Waals surface area contributed by atoms with Gasteiger partial charge in [-0.2, -0.15) is 0 Å². The maximum atomic E-state index is 12.4. The van der Waals surface area contributed by atoms with E-state index in [0.717, 1.165) is 30.1 Å². The van der Waals surface area contributed by atoms with E-state index in [1.54, 1.807) is 7.11 Å². The van der Waals surface area contributed by atoms with Crippen LogP contribution in [0, 0.1) is 0 Å². The van der Waals surface area contributed by atoms with Gasteiger partial charge in [0.05, 0.1) is 18.4 Å². The third-order valence-corrected chi connectivity index (χ3v) is 5.77. The van der Waals surface area contributed by atoms with E-state index in [1.807, 2.05) is 48.5 Å². The topological polar surface area (TPSA) is 49.9 Å². The fourth-order valence-electron chi connectivity index (χ4n) is 4.05. The summed E-state index contributed by atoms with van der Waals surface area (Å²) in [5, 5.41) is 0. The molecule has 1 heterocycles. The molecule has 150 valence electrons. The zero-order valence-corrected chi connectivity index (χ0v) is 17.1. The van der Waals surface area contributed by atoms with Crippen LogP contribution in [0.3, 0.4) is 0 Å². The van der Waals surface area contributed by atoms with Crippen LogP contribution in [-0.4, -0.2) is 33.3 Å². The second-order valence-electron chi connectivity index (χ2n) is 7.80. The third kappa shape index (κ3) is 3.41. The lowest BCUT2D eigenvalue weighted by Crippen LogP contribution is -2.51. The SMILES string of the molecule is COc1ccccc1N1CCN(c2c(-c3ccc(C(C)C)cc3)c(=O)c2=O)CC1. The summed E-state index contributed by atoms with van der Waals surface area (Å²) in [7, 11) is 1.68. The lowest BCUT2D eigenvalue weighted by atomic mass is 9.94. The molecule has 0 bridgehead atoms. The summed E-state index contributed by atoms with van der Waals surface area (Å²) in [6.07, 6.45) is 0. The van der Waals surface area contributed by atoms with E-state index in [-0.39, 0.29) is 10.9 Å². The molecular weight excluding hydrogens is 364 g/mol. The summed E-state index contributed by atoms with van der Waals surface area (Å²) >= 11 is 0. The van der Waals surface area contributed by atoms with Crippen molar-refractivity contribution in [1.82, 2.24) is 0 Å². The van der Waals surface area contributed by atoms with Crippen LogP contribution in [0.5, 0.6) is 5.75 Å². The van der Waals surface area contributed by atoms with Gasteiger partial charge in [0.25, 0.3) is 0 Å². The number of anilines is 2. The Morgan fingerprint density at radius 1 is 0.828 bits per heavy atom. The summed E-state index contributed by atoms with van der Waals surface area (Å²) in [5.41, 5.74) is 3.52. The molecular formula is C24H26N2O3. The second kappa shape index (κ2) is 7.74. The quantitative estimate of drug-likeness (QED) is 0.625. The van der Waals surface area contributed by atoms with Crippen molar-refractivity contribution in [3.05, 3.63) is 74.5 Å². The number of hydrogen-bond acceptors (Lipinski definition) is 5. The summed E-state index contributed by atoms with van der Waals surface area (Å²) < 4.78 is 5.47. The Hall–Kier alpha value is -3.08. The van der Waals surface area contributed by atoms with Crippen LogP contribution >= 0.6 is 0 Å². The van der Waals surface area contributed by atoms with Crippen LogP contribution in [0.25, 0.3) is 11.1 Å². The molecule has 3 aromatic rings. The third-order valence-electron chi connectivity index (χ3n) is 5.77. The summed E-state index contributed by atoms with van der Waals surface area (Å²) in [6.45, 7) is 7.20. The van der Waals surface area contributed by atoms with Crippen molar-refractivity contribution in [2.75, 3.05) is 43.1 Å². The highest BCUT2D eigenvalue weighted by Crippen LogP contribution is 2.32. The van der Waals surface area contributed by atoms with E-state index in [4.69, 9.17) is 4.74 Å². The van der Waals surface area contributed by atoms with Crippen LogP contribution in [0.2, 0.25) is 0 Å². The lowest BCUT2D eigenvalue weighted by molar-refractivity contribution is 0.413. The molecule has 0 radical (unpaired) electrons. The zero-order chi connectivity index (χ0) is 20.5. The van der Waals surface area contributed by atoms with Crippen LogP contribution in [-0.2, 0) is 0 Å². The monoisotopic (exact) mass is 390 g/mol. The van der Waals surface area contributed by atoms with Gasteiger partial charge >= 0.3 is 0 Å². The van der Waals surface area contributed by atoms with E-state index in [2.05, 4.69) is 23.6 Å². The van der Waals surface area contributed by atoms with Crippen LogP contribution in [0.4, 0.5) is 11.4 Å². The van der Waals surface area contributed by atoms with E-state index in [0.29, 0.717) is 30.3 Å². The Labute approximate surface area is 170 Å². The number of rotatable bonds is 5. The van der Waals surface area contributed by atoms with Gasteiger partial charge < -0.3 is 14.5 Å². The average Bonchev–Trinajstić information content (AvgIpc) is 2.77. The number of piperazine rings is 1. The number of hydrogen-bond donors (Lipinski definition) is 0. The van der Waals surface area contributed by atoms with Gasteiger partial charge in [0.2, 0.25) is 10.9 Å². The van der Waals surface area contributed by atoms with Gasteiger partial charge in [-0.3, -0.25) is 9.59 Å². The fourth-order valence-corrected chi connectivity index (χ4v) is 4.05. The number of para-hydroxylation sites is 2. The lowest BCUT2D eigenvalue weighted by Gasteiger charge is -2.38. The number of benzene rings is 2. The first-order chi connectivity index (χ1) is 14.0. The molecule has 5 heteroatoms. The maximum absolute atomic E-state index is 12.4. The Morgan fingerprint density at radius 3 is 2.07 bits per heavy atom. The molecule has 0 spiro atoms. The van der Waals surface area contributed by atoms with E-state index in [9.17, 15) is 9.59 Å².